The van der Waals surface area contributed by atoms with Crippen LogP contribution in [-0.4, -0.2) is 5.91 Å². The van der Waals surface area contributed by atoms with Gasteiger partial charge in [-0.2, -0.15) is 0 Å². The molecule has 1 aromatic carbocycles. The minimum atomic E-state index is 0.00246. The molecule has 0 radical (unpaired) electrons. The molecule has 0 atom stereocenters. The number of amides is 1. The zero-order valence-electron chi connectivity index (χ0n) is 10.6. The van der Waals surface area contributed by atoms with Crippen LogP contribution < -0.4 is 11.1 Å². The van der Waals surface area contributed by atoms with Crippen molar-refractivity contribution < 1.29 is 4.79 Å². The van der Waals surface area contributed by atoms with E-state index >= 15 is 0 Å². The Labute approximate surface area is 116 Å². The Morgan fingerprint density at radius 2 is 2.16 bits per heavy atom. The van der Waals surface area contributed by atoms with Gasteiger partial charge in [-0.15, -0.1) is 11.3 Å². The molecule has 3 N–H and O–H groups in total. The summed E-state index contributed by atoms with van der Waals surface area (Å²) in [5, 5.41) is 2.94. The van der Waals surface area contributed by atoms with Gasteiger partial charge >= 0.3 is 0 Å². The molecular weight excluding hydrogens is 256 g/mol. The van der Waals surface area contributed by atoms with Crippen LogP contribution in [0.3, 0.4) is 0 Å². The van der Waals surface area contributed by atoms with Crippen molar-refractivity contribution in [1.82, 2.24) is 5.32 Å². The zero-order valence-corrected chi connectivity index (χ0v) is 11.4. The number of para-hydroxylation sites is 1. The number of nitrogens with one attached hydrogen (secondary N) is 1. The Kier molecular flexibility index (Phi) is 3.25. The number of nitrogens with two attached hydrogens (primary N) is 1. The summed E-state index contributed by atoms with van der Waals surface area (Å²) < 4.78 is 0. The molecule has 98 valence electrons. The average molecular weight is 272 g/mol. The summed E-state index contributed by atoms with van der Waals surface area (Å²) in [6.45, 7) is 0.480. The van der Waals surface area contributed by atoms with Crippen LogP contribution in [0.4, 0.5) is 5.69 Å². The molecule has 0 aliphatic heterocycles. The third-order valence-electron chi connectivity index (χ3n) is 3.46. The number of hydrogen-bond donors (Lipinski definition) is 2. The molecular formula is C15H16N2OS. The van der Waals surface area contributed by atoms with Crippen LogP contribution in [-0.2, 0) is 19.4 Å². The lowest BCUT2D eigenvalue weighted by Crippen LogP contribution is -2.22. The Morgan fingerprint density at radius 1 is 1.32 bits per heavy atom. The molecule has 1 aromatic heterocycles. The quantitative estimate of drug-likeness (QED) is 0.844. The van der Waals surface area contributed by atoms with Crippen molar-refractivity contribution in [3.05, 3.63) is 51.2 Å². The molecule has 0 spiro atoms. The van der Waals surface area contributed by atoms with Crippen LogP contribution in [0.25, 0.3) is 0 Å². The topological polar surface area (TPSA) is 55.1 Å². The van der Waals surface area contributed by atoms with Gasteiger partial charge in [0.15, 0.2) is 0 Å². The fourth-order valence-electron chi connectivity index (χ4n) is 2.40. The number of hydrogen-bond acceptors (Lipinski definition) is 3. The summed E-state index contributed by atoms with van der Waals surface area (Å²) in [6.07, 6.45) is 3.47. The minimum absolute atomic E-state index is 0.00246. The highest BCUT2D eigenvalue weighted by Crippen LogP contribution is 2.30. The molecule has 0 saturated heterocycles. The van der Waals surface area contributed by atoms with Crippen molar-refractivity contribution in [2.75, 3.05) is 5.73 Å². The predicted octanol–water partition coefficient (Wildman–Crippen LogP) is 2.75. The second kappa shape index (κ2) is 5.05. The van der Waals surface area contributed by atoms with Crippen LogP contribution >= 0.6 is 11.3 Å². The number of aryl methyl sites for hydroxylation is 2. The molecule has 3 nitrogen and oxygen atoms in total. The lowest BCUT2D eigenvalue weighted by atomic mass is 10.2. The maximum absolute atomic E-state index is 12.1. The van der Waals surface area contributed by atoms with E-state index in [1.165, 1.54) is 16.9 Å². The van der Waals surface area contributed by atoms with Gasteiger partial charge in [-0.3, -0.25) is 4.79 Å². The summed E-state index contributed by atoms with van der Waals surface area (Å²) in [4.78, 5) is 14.3. The average Bonchev–Trinajstić information content (AvgIpc) is 2.98. The van der Waals surface area contributed by atoms with Crippen LogP contribution in [0, 0.1) is 0 Å². The Balaban J connectivity index is 1.67. The van der Waals surface area contributed by atoms with Crippen molar-refractivity contribution in [3.8, 4) is 0 Å². The molecule has 3 rings (SSSR count). The maximum atomic E-state index is 12.1. The van der Waals surface area contributed by atoms with Gasteiger partial charge in [-0.05, 0) is 42.5 Å². The lowest BCUT2D eigenvalue weighted by molar-refractivity contribution is 0.0955. The van der Waals surface area contributed by atoms with E-state index in [4.69, 9.17) is 5.73 Å². The molecule has 0 unspecified atom stereocenters. The molecule has 4 heteroatoms. The van der Waals surface area contributed by atoms with Crippen molar-refractivity contribution in [1.29, 1.82) is 0 Å². The molecule has 1 aliphatic rings. The number of thiophene rings is 1. The molecule has 2 aromatic rings. The van der Waals surface area contributed by atoms with Crippen molar-refractivity contribution in [2.24, 2.45) is 0 Å². The number of fused-ring (bicyclic) bond motifs is 1. The summed E-state index contributed by atoms with van der Waals surface area (Å²) >= 11 is 1.63. The van der Waals surface area contributed by atoms with E-state index in [1.54, 1.807) is 11.3 Å². The number of carbonyl (C=O) groups is 1. The second-order valence-electron chi connectivity index (χ2n) is 4.79. The fraction of sp³-hybridized carbons (Fsp3) is 0.267. The van der Waals surface area contributed by atoms with Gasteiger partial charge in [0.2, 0.25) is 0 Å². The fourth-order valence-corrected chi connectivity index (χ4v) is 3.57. The zero-order chi connectivity index (χ0) is 13.2. The van der Waals surface area contributed by atoms with E-state index < -0.39 is 0 Å². The summed E-state index contributed by atoms with van der Waals surface area (Å²) in [6, 6.07) is 9.64. The smallest absolute Gasteiger partial charge is 0.261 e. The first-order valence-corrected chi connectivity index (χ1v) is 7.29. The molecule has 19 heavy (non-hydrogen) atoms. The monoisotopic (exact) mass is 272 g/mol. The van der Waals surface area contributed by atoms with E-state index in [0.717, 1.165) is 29.0 Å². The van der Waals surface area contributed by atoms with Crippen molar-refractivity contribution in [2.45, 2.75) is 25.8 Å². The van der Waals surface area contributed by atoms with E-state index in [1.807, 2.05) is 30.3 Å². The van der Waals surface area contributed by atoms with E-state index in [2.05, 4.69) is 5.32 Å². The predicted molar refractivity (Wildman–Crippen MR) is 78.4 cm³/mol. The van der Waals surface area contributed by atoms with E-state index in [0.29, 0.717) is 6.54 Å². The highest BCUT2D eigenvalue weighted by molar-refractivity contribution is 7.14. The maximum Gasteiger partial charge on any atom is 0.261 e. The summed E-state index contributed by atoms with van der Waals surface area (Å²) in [5.74, 6) is 0.00246. The molecule has 0 saturated carbocycles. The van der Waals surface area contributed by atoms with Crippen LogP contribution in [0.15, 0.2) is 30.3 Å². The van der Waals surface area contributed by atoms with Crippen molar-refractivity contribution >= 4 is 22.9 Å². The first-order valence-electron chi connectivity index (χ1n) is 6.47. The highest BCUT2D eigenvalue weighted by atomic mass is 32.1. The number of nitrogen functional groups attached to an aromatic ring is 1. The van der Waals surface area contributed by atoms with Gasteiger partial charge in [0.25, 0.3) is 5.91 Å². The lowest BCUT2D eigenvalue weighted by Gasteiger charge is -2.06. The summed E-state index contributed by atoms with van der Waals surface area (Å²) in [5.41, 5.74) is 8.89. The molecule has 1 heterocycles. The number of anilines is 1. The van der Waals surface area contributed by atoms with Gasteiger partial charge < -0.3 is 11.1 Å². The first-order chi connectivity index (χ1) is 9.24. The number of benzene rings is 1. The third-order valence-corrected chi connectivity index (χ3v) is 4.70. The molecule has 0 bridgehead atoms. The van der Waals surface area contributed by atoms with Gasteiger partial charge in [0, 0.05) is 17.1 Å². The van der Waals surface area contributed by atoms with Crippen LogP contribution in [0.5, 0.6) is 0 Å². The third kappa shape index (κ3) is 2.49. The minimum Gasteiger partial charge on any atom is -0.398 e. The number of carbonyl (C=O) groups excluding carboxylic acids is 1. The second-order valence-corrected chi connectivity index (χ2v) is 5.93. The molecule has 1 amide bonds. The first kappa shape index (κ1) is 12.2. The Hall–Kier alpha value is -1.81. The summed E-state index contributed by atoms with van der Waals surface area (Å²) in [7, 11) is 0. The Morgan fingerprint density at radius 3 is 2.95 bits per heavy atom. The van der Waals surface area contributed by atoms with Crippen LogP contribution in [0.2, 0.25) is 0 Å². The van der Waals surface area contributed by atoms with E-state index in [-0.39, 0.29) is 5.91 Å². The van der Waals surface area contributed by atoms with E-state index in [9.17, 15) is 4.79 Å². The molecule has 0 fully saturated rings. The highest BCUT2D eigenvalue weighted by Gasteiger charge is 2.18. The van der Waals surface area contributed by atoms with Gasteiger partial charge in [-0.1, -0.05) is 18.2 Å². The van der Waals surface area contributed by atoms with Gasteiger partial charge in [0.1, 0.15) is 0 Å². The van der Waals surface area contributed by atoms with Crippen LogP contribution in [0.1, 0.15) is 32.1 Å². The van der Waals surface area contributed by atoms with Gasteiger partial charge in [-0.25, -0.2) is 0 Å². The van der Waals surface area contributed by atoms with Crippen molar-refractivity contribution in [3.63, 3.8) is 0 Å². The number of rotatable bonds is 3. The van der Waals surface area contributed by atoms with Gasteiger partial charge in [0.05, 0.1) is 4.88 Å². The molecule has 1 aliphatic carbocycles. The SMILES string of the molecule is Nc1ccccc1CNC(=O)c1cc2c(s1)CCC2. The largest absolute Gasteiger partial charge is 0.398 e. The normalized spacial score (nSPS) is 13.3. The standard InChI is InChI=1S/C15H16N2OS/c16-12-6-2-1-4-11(12)9-17-15(18)14-8-10-5-3-7-13(10)19-14/h1-2,4,6,8H,3,5,7,9,16H2,(H,17,18). The Bertz CT molecular complexity index is 597.